The van der Waals surface area contributed by atoms with Gasteiger partial charge in [-0.25, -0.2) is 0 Å². The Hall–Kier alpha value is -1.06. The van der Waals surface area contributed by atoms with Crippen molar-refractivity contribution < 1.29 is 14.8 Å². The van der Waals surface area contributed by atoms with E-state index in [-0.39, 0.29) is 5.60 Å². The van der Waals surface area contributed by atoms with Gasteiger partial charge in [0, 0.05) is 12.2 Å². The molecule has 0 radical (unpaired) electrons. The number of hydrogen-bond donors (Lipinski definition) is 1. The Bertz CT molecular complexity index is 481. The van der Waals surface area contributed by atoms with Gasteiger partial charge in [-0.15, -0.1) is 0 Å². The van der Waals surface area contributed by atoms with E-state index in [1.165, 1.54) is 31.4 Å². The van der Waals surface area contributed by atoms with Crippen LogP contribution in [0.25, 0.3) is 0 Å². The second-order valence-corrected chi connectivity index (χ2v) is 8.19. The minimum atomic E-state index is 0.0584. The van der Waals surface area contributed by atoms with Gasteiger partial charge < -0.3 is 14.8 Å². The van der Waals surface area contributed by atoms with E-state index in [1.807, 2.05) is 12.1 Å². The zero-order chi connectivity index (χ0) is 17.6. The Kier molecular flexibility index (Phi) is 7.12. The molecule has 0 saturated carbocycles. The number of methoxy groups -OCH3 is 1. The van der Waals surface area contributed by atoms with E-state index in [2.05, 4.69) is 45.1 Å². The number of ether oxygens (including phenoxy) is 2. The highest BCUT2D eigenvalue weighted by molar-refractivity contribution is 5.26. The van der Waals surface area contributed by atoms with Gasteiger partial charge in [0.15, 0.2) is 0 Å². The quantitative estimate of drug-likeness (QED) is 0.737. The van der Waals surface area contributed by atoms with Crippen LogP contribution in [0.1, 0.15) is 52.5 Å². The highest BCUT2D eigenvalue weighted by Crippen LogP contribution is 2.37. The predicted molar refractivity (Wildman–Crippen MR) is 99.2 cm³/mol. The minimum Gasteiger partial charge on any atom is -0.497 e. The molecule has 1 aliphatic rings. The fourth-order valence-corrected chi connectivity index (χ4v) is 4.10. The molecule has 136 valence electrons. The second kappa shape index (κ2) is 8.87. The highest BCUT2D eigenvalue weighted by Gasteiger charge is 2.34. The van der Waals surface area contributed by atoms with Crippen molar-refractivity contribution in [1.82, 2.24) is 0 Å². The van der Waals surface area contributed by atoms with Gasteiger partial charge >= 0.3 is 0 Å². The Balaban J connectivity index is 1.79. The molecule has 2 N–H and O–H groups in total. The van der Waals surface area contributed by atoms with Crippen molar-refractivity contribution in [3.05, 3.63) is 29.8 Å². The molecule has 1 heterocycles. The molecule has 0 aliphatic carbocycles. The van der Waals surface area contributed by atoms with Gasteiger partial charge in [0.25, 0.3) is 0 Å². The Morgan fingerprint density at radius 1 is 1.25 bits per heavy atom. The maximum atomic E-state index is 5.91. The molecular formula is C21H36NO2+. The summed E-state index contributed by atoms with van der Waals surface area (Å²) in [4.78, 5) is 0. The van der Waals surface area contributed by atoms with Crippen molar-refractivity contribution in [3.63, 3.8) is 0 Å². The van der Waals surface area contributed by atoms with E-state index in [1.54, 1.807) is 7.11 Å². The zero-order valence-corrected chi connectivity index (χ0v) is 16.2. The monoisotopic (exact) mass is 334 g/mol. The van der Waals surface area contributed by atoms with Crippen LogP contribution >= 0.6 is 0 Å². The van der Waals surface area contributed by atoms with Crippen LogP contribution in [0.15, 0.2) is 24.3 Å². The maximum absolute atomic E-state index is 5.91. The molecule has 24 heavy (non-hydrogen) atoms. The summed E-state index contributed by atoms with van der Waals surface area (Å²) in [7, 11) is 1.71. The van der Waals surface area contributed by atoms with Crippen molar-refractivity contribution in [2.75, 3.05) is 20.3 Å². The first-order chi connectivity index (χ1) is 11.4. The van der Waals surface area contributed by atoms with Crippen molar-refractivity contribution in [3.8, 4) is 5.75 Å². The molecule has 3 heteroatoms. The average Bonchev–Trinajstić information content (AvgIpc) is 2.54. The Morgan fingerprint density at radius 3 is 2.54 bits per heavy atom. The van der Waals surface area contributed by atoms with Gasteiger partial charge in [0.05, 0.1) is 19.3 Å². The van der Waals surface area contributed by atoms with Gasteiger partial charge in [0.1, 0.15) is 12.3 Å². The van der Waals surface area contributed by atoms with Crippen molar-refractivity contribution in [2.45, 2.75) is 59.1 Å². The molecule has 3 nitrogen and oxygen atoms in total. The number of hydrogen-bond acceptors (Lipinski definition) is 2. The molecule has 1 aromatic rings. The molecule has 2 atom stereocenters. The molecule has 0 bridgehead atoms. The summed E-state index contributed by atoms with van der Waals surface area (Å²) in [6.07, 6.45) is 3.73. The first kappa shape index (κ1) is 19.3. The Morgan fingerprint density at radius 2 is 1.96 bits per heavy atom. The van der Waals surface area contributed by atoms with Gasteiger partial charge in [-0.1, -0.05) is 13.8 Å². The van der Waals surface area contributed by atoms with E-state index in [4.69, 9.17) is 9.47 Å². The summed E-state index contributed by atoms with van der Waals surface area (Å²) in [5.41, 5.74) is 1.42. The molecule has 1 saturated heterocycles. The smallest absolute Gasteiger partial charge is 0.118 e. The second-order valence-electron chi connectivity index (χ2n) is 8.19. The van der Waals surface area contributed by atoms with Gasteiger partial charge in [-0.05, 0) is 75.1 Å². The Labute approximate surface area is 148 Å². The number of benzene rings is 1. The largest absolute Gasteiger partial charge is 0.497 e. The van der Waals surface area contributed by atoms with Gasteiger partial charge in [-0.2, -0.15) is 0 Å². The van der Waals surface area contributed by atoms with E-state index >= 15 is 0 Å². The normalized spacial score (nSPS) is 21.7. The molecule has 1 aliphatic heterocycles. The molecule has 1 fully saturated rings. The summed E-state index contributed by atoms with van der Waals surface area (Å²) in [6.45, 7) is 12.4. The first-order valence-electron chi connectivity index (χ1n) is 9.50. The third-order valence-electron chi connectivity index (χ3n) is 5.44. The molecule has 0 amide bonds. The molecule has 2 rings (SSSR count). The van der Waals surface area contributed by atoms with E-state index in [0.717, 1.165) is 36.7 Å². The van der Waals surface area contributed by atoms with Crippen LogP contribution in [0.5, 0.6) is 5.75 Å². The zero-order valence-electron chi connectivity index (χ0n) is 16.2. The van der Waals surface area contributed by atoms with Crippen LogP contribution in [0.3, 0.4) is 0 Å². The van der Waals surface area contributed by atoms with Gasteiger partial charge in [0.2, 0.25) is 0 Å². The SMILES string of the molecule is COc1ccc(C[NH2+]CC[C@H](C(C)C)[C@H]2CCOC(C)(C)C2)cc1. The lowest BCUT2D eigenvalue weighted by Gasteiger charge is -2.40. The molecule has 0 aromatic heterocycles. The molecule has 0 unspecified atom stereocenters. The third kappa shape index (κ3) is 5.78. The van der Waals surface area contributed by atoms with E-state index in [9.17, 15) is 0 Å². The van der Waals surface area contributed by atoms with Crippen LogP contribution in [-0.2, 0) is 11.3 Å². The van der Waals surface area contributed by atoms with Crippen LogP contribution in [-0.4, -0.2) is 25.9 Å². The minimum absolute atomic E-state index is 0.0584. The van der Waals surface area contributed by atoms with E-state index < -0.39 is 0 Å². The van der Waals surface area contributed by atoms with Crippen LogP contribution < -0.4 is 10.1 Å². The number of quaternary nitrogens is 1. The van der Waals surface area contributed by atoms with Crippen molar-refractivity contribution in [1.29, 1.82) is 0 Å². The predicted octanol–water partition coefficient (Wildman–Crippen LogP) is 3.63. The van der Waals surface area contributed by atoms with Crippen LogP contribution in [0, 0.1) is 17.8 Å². The third-order valence-corrected chi connectivity index (χ3v) is 5.44. The molecule has 1 aromatic carbocycles. The first-order valence-corrected chi connectivity index (χ1v) is 9.50. The molecule has 0 spiro atoms. The standard InChI is InChI=1S/C21H35NO2/c1-16(2)20(18-11-13-24-21(3,4)14-18)10-12-22-15-17-6-8-19(23-5)9-7-17/h6-9,16,18,20,22H,10-15H2,1-5H3/p+1/t18-,20+/m0/s1. The highest BCUT2D eigenvalue weighted by atomic mass is 16.5. The fraction of sp³-hybridized carbons (Fsp3) is 0.714. The fourth-order valence-electron chi connectivity index (χ4n) is 4.10. The topological polar surface area (TPSA) is 35.1 Å². The summed E-state index contributed by atoms with van der Waals surface area (Å²) in [5, 5.41) is 2.45. The summed E-state index contributed by atoms with van der Waals surface area (Å²) >= 11 is 0. The lowest BCUT2D eigenvalue weighted by Crippen LogP contribution is -2.82. The lowest BCUT2D eigenvalue weighted by molar-refractivity contribution is -0.671. The summed E-state index contributed by atoms with van der Waals surface area (Å²) < 4.78 is 11.1. The summed E-state index contributed by atoms with van der Waals surface area (Å²) in [5.74, 6) is 3.29. The van der Waals surface area contributed by atoms with Crippen molar-refractivity contribution in [2.24, 2.45) is 17.8 Å². The number of rotatable bonds is 8. The van der Waals surface area contributed by atoms with Crippen molar-refractivity contribution >= 4 is 0 Å². The van der Waals surface area contributed by atoms with Crippen LogP contribution in [0.2, 0.25) is 0 Å². The molecular weight excluding hydrogens is 298 g/mol. The lowest BCUT2D eigenvalue weighted by atomic mass is 9.73. The van der Waals surface area contributed by atoms with E-state index in [0.29, 0.717) is 0 Å². The average molecular weight is 335 g/mol. The van der Waals surface area contributed by atoms with Gasteiger partial charge in [-0.3, -0.25) is 0 Å². The summed E-state index contributed by atoms with van der Waals surface area (Å²) in [6, 6.07) is 8.42. The number of nitrogens with two attached hydrogens (primary N) is 1. The van der Waals surface area contributed by atoms with Crippen LogP contribution in [0.4, 0.5) is 0 Å². The maximum Gasteiger partial charge on any atom is 0.118 e.